The number of epoxide rings is 1. The summed E-state index contributed by atoms with van der Waals surface area (Å²) in [5.74, 6) is -0.739. The van der Waals surface area contributed by atoms with Crippen LogP contribution in [0.25, 0.3) is 0 Å². The minimum Gasteiger partial charge on any atom is -0.481 e. The second-order valence-corrected chi connectivity index (χ2v) is 6.49. The van der Waals surface area contributed by atoms with Gasteiger partial charge in [0.15, 0.2) is 0 Å². The Morgan fingerprint density at radius 3 is 1.76 bits per heavy atom. The fourth-order valence-corrected chi connectivity index (χ4v) is 2.97. The zero-order valence-electron chi connectivity index (χ0n) is 13.8. The monoisotopic (exact) mass is 298 g/mol. The Labute approximate surface area is 130 Å². The lowest BCUT2D eigenvalue weighted by Gasteiger charge is -2.02. The first-order chi connectivity index (χ1) is 10.2. The largest absolute Gasteiger partial charge is 0.481 e. The smallest absolute Gasteiger partial charge is 0.306 e. The lowest BCUT2D eigenvalue weighted by molar-refractivity contribution is -0.137. The van der Waals surface area contributed by atoms with E-state index in [0.29, 0.717) is 0 Å². The zero-order chi connectivity index (χ0) is 15.3. The summed E-state index contributed by atoms with van der Waals surface area (Å²) in [6, 6.07) is 0. The molecule has 1 saturated heterocycles. The van der Waals surface area contributed by atoms with Crippen LogP contribution < -0.4 is 0 Å². The number of carboxylic acids is 1. The first-order valence-electron chi connectivity index (χ1n) is 9.11. The van der Waals surface area contributed by atoms with Crippen LogP contribution in [0.2, 0.25) is 0 Å². The highest BCUT2D eigenvalue weighted by Gasteiger charge is 2.39. The highest BCUT2D eigenvalue weighted by Crippen LogP contribution is 2.30. The Morgan fingerprint density at radius 1 is 0.810 bits per heavy atom. The van der Waals surface area contributed by atoms with Gasteiger partial charge in [-0.25, -0.2) is 0 Å². The lowest BCUT2D eigenvalue weighted by Crippen LogP contribution is -2.02. The van der Waals surface area contributed by atoms with Crippen LogP contribution in [-0.4, -0.2) is 23.3 Å². The third-order valence-corrected chi connectivity index (χ3v) is 4.41. The number of carboxylic acid groups (broad SMARTS) is 1. The molecule has 2 atom stereocenters. The lowest BCUT2D eigenvalue weighted by atomic mass is 10.0. The summed E-state index contributed by atoms with van der Waals surface area (Å²) in [6.07, 6.45) is 17.8. The summed E-state index contributed by atoms with van der Waals surface area (Å²) in [7, 11) is 0. The molecular formula is C18H34O3. The molecule has 0 aromatic heterocycles. The standard InChI is InChI=1S/C18H34O3/c1-2-3-4-5-6-7-8-9-10-11-12-13-14-16-17(21-16)15-18(19)20/h16-17H,2-15H2,1H3,(H,19,20). The average molecular weight is 298 g/mol. The fourth-order valence-electron chi connectivity index (χ4n) is 2.97. The third-order valence-electron chi connectivity index (χ3n) is 4.41. The molecule has 0 spiro atoms. The molecule has 1 heterocycles. The molecule has 3 heteroatoms. The van der Waals surface area contributed by atoms with E-state index in [-0.39, 0.29) is 18.6 Å². The summed E-state index contributed by atoms with van der Waals surface area (Å²) < 4.78 is 5.35. The van der Waals surface area contributed by atoms with Crippen LogP contribution in [0.5, 0.6) is 0 Å². The molecule has 124 valence electrons. The van der Waals surface area contributed by atoms with Crippen molar-refractivity contribution in [3.8, 4) is 0 Å². The van der Waals surface area contributed by atoms with Gasteiger partial charge in [-0.05, 0) is 6.42 Å². The number of hydrogen-bond acceptors (Lipinski definition) is 2. The molecule has 0 saturated carbocycles. The maximum atomic E-state index is 10.5. The molecular weight excluding hydrogens is 264 g/mol. The highest BCUT2D eigenvalue weighted by molar-refractivity contribution is 5.67. The maximum absolute atomic E-state index is 10.5. The highest BCUT2D eigenvalue weighted by atomic mass is 16.6. The SMILES string of the molecule is CCCCCCCCCCCCCCC1OC1CC(=O)O. The normalized spacial score (nSPS) is 20.6. The van der Waals surface area contributed by atoms with Gasteiger partial charge in [0.1, 0.15) is 0 Å². The van der Waals surface area contributed by atoms with E-state index in [2.05, 4.69) is 6.92 Å². The molecule has 1 aliphatic rings. The molecule has 0 bridgehead atoms. The van der Waals surface area contributed by atoms with Gasteiger partial charge >= 0.3 is 5.97 Å². The molecule has 0 aromatic carbocycles. The number of aliphatic carboxylic acids is 1. The van der Waals surface area contributed by atoms with Gasteiger partial charge < -0.3 is 9.84 Å². The van der Waals surface area contributed by atoms with Gasteiger partial charge in [0, 0.05) is 0 Å². The van der Waals surface area contributed by atoms with Crippen molar-refractivity contribution in [3.05, 3.63) is 0 Å². The number of carbonyl (C=O) groups is 1. The van der Waals surface area contributed by atoms with E-state index in [1.54, 1.807) is 0 Å². The molecule has 1 fully saturated rings. The second kappa shape index (κ2) is 12.0. The molecule has 2 unspecified atom stereocenters. The third kappa shape index (κ3) is 10.8. The van der Waals surface area contributed by atoms with Gasteiger partial charge in [-0.3, -0.25) is 4.79 Å². The topological polar surface area (TPSA) is 49.8 Å². The van der Waals surface area contributed by atoms with Gasteiger partial charge in [-0.2, -0.15) is 0 Å². The van der Waals surface area contributed by atoms with Gasteiger partial charge in [-0.1, -0.05) is 84.0 Å². The summed E-state index contributed by atoms with van der Waals surface area (Å²) in [6.45, 7) is 2.27. The van der Waals surface area contributed by atoms with Crippen molar-refractivity contribution < 1.29 is 14.6 Å². The summed E-state index contributed by atoms with van der Waals surface area (Å²) in [5, 5.41) is 8.63. The van der Waals surface area contributed by atoms with Crippen molar-refractivity contribution in [2.75, 3.05) is 0 Å². The molecule has 0 aliphatic carbocycles. The predicted molar refractivity (Wildman–Crippen MR) is 86.6 cm³/mol. The molecule has 1 N–H and O–H groups in total. The maximum Gasteiger partial charge on any atom is 0.306 e. The van der Waals surface area contributed by atoms with Crippen molar-refractivity contribution in [2.45, 2.75) is 109 Å². The Hall–Kier alpha value is -0.570. The van der Waals surface area contributed by atoms with Crippen molar-refractivity contribution in [1.82, 2.24) is 0 Å². The average Bonchev–Trinajstić information content (AvgIpc) is 3.17. The minimum absolute atomic E-state index is 0.00945. The quantitative estimate of drug-likeness (QED) is 0.329. The molecule has 1 aliphatic heterocycles. The van der Waals surface area contributed by atoms with Crippen LogP contribution >= 0.6 is 0 Å². The molecule has 0 amide bonds. The van der Waals surface area contributed by atoms with E-state index in [0.717, 1.165) is 6.42 Å². The Balaban J connectivity index is 1.71. The van der Waals surface area contributed by atoms with E-state index in [9.17, 15) is 4.79 Å². The molecule has 1 rings (SSSR count). The molecule has 0 radical (unpaired) electrons. The van der Waals surface area contributed by atoms with E-state index < -0.39 is 5.97 Å². The van der Waals surface area contributed by atoms with Gasteiger partial charge in [-0.15, -0.1) is 0 Å². The Bertz CT molecular complexity index is 265. The molecule has 0 aromatic rings. The van der Waals surface area contributed by atoms with Crippen LogP contribution in [0.4, 0.5) is 0 Å². The van der Waals surface area contributed by atoms with Gasteiger partial charge in [0.05, 0.1) is 18.6 Å². The van der Waals surface area contributed by atoms with Gasteiger partial charge in [0.25, 0.3) is 0 Å². The number of hydrogen-bond donors (Lipinski definition) is 1. The van der Waals surface area contributed by atoms with Gasteiger partial charge in [0.2, 0.25) is 0 Å². The van der Waals surface area contributed by atoms with Crippen LogP contribution in [0.1, 0.15) is 96.8 Å². The van der Waals surface area contributed by atoms with E-state index in [4.69, 9.17) is 9.84 Å². The predicted octanol–water partition coefficient (Wildman–Crippen LogP) is 5.32. The summed E-state index contributed by atoms with van der Waals surface area (Å²) >= 11 is 0. The zero-order valence-corrected chi connectivity index (χ0v) is 13.8. The number of rotatable bonds is 15. The van der Waals surface area contributed by atoms with E-state index in [1.807, 2.05) is 0 Å². The van der Waals surface area contributed by atoms with Crippen molar-refractivity contribution in [2.24, 2.45) is 0 Å². The fraction of sp³-hybridized carbons (Fsp3) is 0.944. The first kappa shape index (κ1) is 18.5. The Morgan fingerprint density at radius 2 is 1.29 bits per heavy atom. The number of ether oxygens (including phenoxy) is 1. The van der Waals surface area contributed by atoms with Crippen LogP contribution in [0.3, 0.4) is 0 Å². The molecule has 3 nitrogen and oxygen atoms in total. The van der Waals surface area contributed by atoms with Crippen LogP contribution in [-0.2, 0) is 9.53 Å². The van der Waals surface area contributed by atoms with Crippen molar-refractivity contribution >= 4 is 5.97 Å². The Kier molecular flexibility index (Phi) is 10.6. The van der Waals surface area contributed by atoms with Crippen molar-refractivity contribution in [3.63, 3.8) is 0 Å². The summed E-state index contributed by atoms with van der Waals surface area (Å²) in [5.41, 5.74) is 0. The number of unbranched alkanes of at least 4 members (excludes halogenated alkanes) is 11. The molecule has 21 heavy (non-hydrogen) atoms. The minimum atomic E-state index is -0.739. The summed E-state index contributed by atoms with van der Waals surface area (Å²) in [4.78, 5) is 10.5. The second-order valence-electron chi connectivity index (χ2n) is 6.49. The first-order valence-corrected chi connectivity index (χ1v) is 9.11. The van der Waals surface area contributed by atoms with Crippen molar-refractivity contribution in [1.29, 1.82) is 0 Å². The van der Waals surface area contributed by atoms with Crippen LogP contribution in [0, 0.1) is 0 Å². The van der Waals surface area contributed by atoms with E-state index >= 15 is 0 Å². The van der Waals surface area contributed by atoms with Crippen LogP contribution in [0.15, 0.2) is 0 Å². The van der Waals surface area contributed by atoms with E-state index in [1.165, 1.54) is 77.0 Å².